The zero-order chi connectivity index (χ0) is 10.7. The van der Waals surface area contributed by atoms with Crippen molar-refractivity contribution < 1.29 is 0 Å². The van der Waals surface area contributed by atoms with Gasteiger partial charge in [0.05, 0.1) is 6.33 Å². The summed E-state index contributed by atoms with van der Waals surface area (Å²) in [5.74, 6) is 0.270. The van der Waals surface area contributed by atoms with Crippen molar-refractivity contribution in [3.63, 3.8) is 0 Å². The second-order valence-electron chi connectivity index (χ2n) is 3.07. The lowest BCUT2D eigenvalue weighted by molar-refractivity contribution is 0.785. The van der Waals surface area contributed by atoms with E-state index in [1.165, 1.54) is 0 Å². The molecule has 5 nitrogen and oxygen atoms in total. The maximum Gasteiger partial charge on any atom is 0.164 e. The summed E-state index contributed by atoms with van der Waals surface area (Å²) in [6.07, 6.45) is 4.98. The van der Waals surface area contributed by atoms with Gasteiger partial charge >= 0.3 is 0 Å². The largest absolute Gasteiger partial charge is 0.381 e. The van der Waals surface area contributed by atoms with Crippen LogP contribution in [0.3, 0.4) is 0 Å². The van der Waals surface area contributed by atoms with Crippen molar-refractivity contribution in [3.8, 4) is 6.07 Å². The van der Waals surface area contributed by atoms with Crippen LogP contribution >= 0.6 is 0 Å². The first-order valence-corrected chi connectivity index (χ1v) is 4.41. The Bertz CT molecular complexity index is 494. The third-order valence-corrected chi connectivity index (χ3v) is 2.07. The van der Waals surface area contributed by atoms with Crippen molar-refractivity contribution in [2.75, 3.05) is 5.73 Å². The van der Waals surface area contributed by atoms with Gasteiger partial charge in [0.1, 0.15) is 6.07 Å². The van der Waals surface area contributed by atoms with Crippen LogP contribution in [0.2, 0.25) is 0 Å². The maximum absolute atomic E-state index is 8.86. The van der Waals surface area contributed by atoms with Gasteiger partial charge in [-0.25, -0.2) is 4.98 Å². The third kappa shape index (κ3) is 1.79. The second-order valence-corrected chi connectivity index (χ2v) is 3.07. The van der Waals surface area contributed by atoms with Crippen molar-refractivity contribution in [1.29, 1.82) is 5.26 Å². The summed E-state index contributed by atoms with van der Waals surface area (Å²) >= 11 is 0. The molecule has 5 heteroatoms. The molecule has 2 heterocycles. The Labute approximate surface area is 86.8 Å². The fourth-order valence-corrected chi connectivity index (χ4v) is 1.32. The summed E-state index contributed by atoms with van der Waals surface area (Å²) in [5, 5.41) is 8.86. The summed E-state index contributed by atoms with van der Waals surface area (Å²) in [6, 6.07) is 5.80. The van der Waals surface area contributed by atoms with E-state index in [2.05, 4.69) is 9.97 Å². The first kappa shape index (κ1) is 9.21. The van der Waals surface area contributed by atoms with Gasteiger partial charge in [-0.05, 0) is 17.7 Å². The van der Waals surface area contributed by atoms with E-state index in [0.29, 0.717) is 12.2 Å². The molecule has 15 heavy (non-hydrogen) atoms. The SMILES string of the molecule is N#Cc1c(N)ncn1Cc1ccncc1. The molecule has 0 aliphatic heterocycles. The number of imidazole rings is 1. The Kier molecular flexibility index (Phi) is 2.33. The van der Waals surface area contributed by atoms with E-state index in [4.69, 9.17) is 11.0 Å². The van der Waals surface area contributed by atoms with E-state index in [-0.39, 0.29) is 5.82 Å². The van der Waals surface area contributed by atoms with Crippen LogP contribution in [0.5, 0.6) is 0 Å². The van der Waals surface area contributed by atoms with Crippen LogP contribution in [0.15, 0.2) is 30.9 Å². The highest BCUT2D eigenvalue weighted by Crippen LogP contribution is 2.10. The highest BCUT2D eigenvalue weighted by molar-refractivity contribution is 5.44. The minimum Gasteiger partial charge on any atom is -0.381 e. The van der Waals surface area contributed by atoms with Gasteiger partial charge in [0, 0.05) is 18.9 Å². The molecule has 0 aliphatic carbocycles. The zero-order valence-corrected chi connectivity index (χ0v) is 7.96. The van der Waals surface area contributed by atoms with Crippen LogP contribution in [0.4, 0.5) is 5.82 Å². The molecule has 0 spiro atoms. The lowest BCUT2D eigenvalue weighted by Crippen LogP contribution is -2.02. The summed E-state index contributed by atoms with van der Waals surface area (Å²) in [6.45, 7) is 0.579. The average Bonchev–Trinajstić information content (AvgIpc) is 2.61. The quantitative estimate of drug-likeness (QED) is 0.775. The third-order valence-electron chi connectivity index (χ3n) is 2.07. The molecule has 0 radical (unpaired) electrons. The van der Waals surface area contributed by atoms with E-state index in [0.717, 1.165) is 5.56 Å². The van der Waals surface area contributed by atoms with Crippen molar-refractivity contribution in [2.45, 2.75) is 6.54 Å². The molecule has 2 aromatic heterocycles. The summed E-state index contributed by atoms with van der Waals surface area (Å²) in [5.41, 5.74) is 6.99. The van der Waals surface area contributed by atoms with E-state index < -0.39 is 0 Å². The van der Waals surface area contributed by atoms with Gasteiger partial charge in [-0.1, -0.05) is 0 Å². The summed E-state index contributed by atoms with van der Waals surface area (Å²) in [4.78, 5) is 7.81. The molecular weight excluding hydrogens is 190 g/mol. The zero-order valence-electron chi connectivity index (χ0n) is 7.96. The minimum absolute atomic E-state index is 0.270. The first-order chi connectivity index (χ1) is 7.31. The van der Waals surface area contributed by atoms with Crippen LogP contribution in [0.25, 0.3) is 0 Å². The molecule has 2 aromatic rings. The molecule has 0 atom stereocenters. The van der Waals surface area contributed by atoms with Crippen LogP contribution < -0.4 is 5.73 Å². The topological polar surface area (TPSA) is 80.5 Å². The number of pyridine rings is 1. The number of anilines is 1. The number of hydrogen-bond acceptors (Lipinski definition) is 4. The molecule has 0 fully saturated rings. The van der Waals surface area contributed by atoms with Crippen LogP contribution in [-0.2, 0) is 6.54 Å². The van der Waals surface area contributed by atoms with Crippen molar-refractivity contribution >= 4 is 5.82 Å². The Morgan fingerprint density at radius 2 is 2.13 bits per heavy atom. The highest BCUT2D eigenvalue weighted by Gasteiger charge is 2.06. The van der Waals surface area contributed by atoms with Gasteiger partial charge in [0.2, 0.25) is 0 Å². The molecule has 0 amide bonds. The molecule has 0 saturated carbocycles. The van der Waals surface area contributed by atoms with Crippen LogP contribution in [-0.4, -0.2) is 14.5 Å². The summed E-state index contributed by atoms with van der Waals surface area (Å²) < 4.78 is 1.71. The maximum atomic E-state index is 8.86. The number of hydrogen-bond donors (Lipinski definition) is 1. The first-order valence-electron chi connectivity index (χ1n) is 4.41. The minimum atomic E-state index is 0.270. The number of rotatable bonds is 2. The lowest BCUT2D eigenvalue weighted by Gasteiger charge is -2.02. The Morgan fingerprint density at radius 3 is 2.80 bits per heavy atom. The smallest absolute Gasteiger partial charge is 0.164 e. The Balaban J connectivity index is 2.30. The Morgan fingerprint density at radius 1 is 1.40 bits per heavy atom. The number of nitrogens with zero attached hydrogens (tertiary/aromatic N) is 4. The average molecular weight is 199 g/mol. The predicted octanol–water partition coefficient (Wildman–Crippen LogP) is 0.780. The fourth-order valence-electron chi connectivity index (χ4n) is 1.32. The van der Waals surface area contributed by atoms with Crippen LogP contribution in [0.1, 0.15) is 11.3 Å². The molecule has 2 rings (SSSR count). The molecule has 2 N–H and O–H groups in total. The van der Waals surface area contributed by atoms with Crippen molar-refractivity contribution in [1.82, 2.24) is 14.5 Å². The van der Waals surface area contributed by atoms with Gasteiger partial charge in [0.25, 0.3) is 0 Å². The molecule has 0 aliphatic rings. The number of nitrogen functional groups attached to an aromatic ring is 1. The molecule has 0 bridgehead atoms. The fraction of sp³-hybridized carbons (Fsp3) is 0.100. The molecule has 0 aromatic carbocycles. The van der Waals surface area contributed by atoms with Gasteiger partial charge in [0.15, 0.2) is 11.5 Å². The predicted molar refractivity (Wildman–Crippen MR) is 54.7 cm³/mol. The van der Waals surface area contributed by atoms with Gasteiger partial charge < -0.3 is 10.3 Å². The summed E-state index contributed by atoms with van der Waals surface area (Å²) in [7, 11) is 0. The molecular formula is C10H9N5. The molecule has 0 unspecified atom stereocenters. The number of nitriles is 1. The van der Waals surface area contributed by atoms with Crippen molar-refractivity contribution in [3.05, 3.63) is 42.1 Å². The van der Waals surface area contributed by atoms with Gasteiger partial charge in [-0.3, -0.25) is 4.98 Å². The number of aromatic nitrogens is 3. The van der Waals surface area contributed by atoms with E-state index in [1.807, 2.05) is 18.2 Å². The normalized spacial score (nSPS) is 9.80. The second kappa shape index (κ2) is 3.80. The van der Waals surface area contributed by atoms with E-state index in [1.54, 1.807) is 23.3 Å². The monoisotopic (exact) mass is 199 g/mol. The highest BCUT2D eigenvalue weighted by atomic mass is 15.1. The van der Waals surface area contributed by atoms with Crippen molar-refractivity contribution in [2.24, 2.45) is 0 Å². The molecule has 74 valence electrons. The van der Waals surface area contributed by atoms with E-state index >= 15 is 0 Å². The lowest BCUT2D eigenvalue weighted by atomic mass is 10.2. The standard InChI is InChI=1S/C10H9N5/c11-5-9-10(12)14-7-15(9)6-8-1-3-13-4-2-8/h1-4,7H,6,12H2. The Hall–Kier alpha value is -2.35. The molecule has 0 saturated heterocycles. The van der Waals surface area contributed by atoms with E-state index in [9.17, 15) is 0 Å². The van der Waals surface area contributed by atoms with Gasteiger partial charge in [-0.2, -0.15) is 5.26 Å². The van der Waals surface area contributed by atoms with Crippen LogP contribution in [0, 0.1) is 11.3 Å². The van der Waals surface area contributed by atoms with Gasteiger partial charge in [-0.15, -0.1) is 0 Å². The number of nitrogens with two attached hydrogens (primary N) is 1.